The summed E-state index contributed by atoms with van der Waals surface area (Å²) in [6.45, 7) is 1.68. The molecule has 2 N–H and O–H groups in total. The maximum atomic E-state index is 13.9. The van der Waals surface area contributed by atoms with Gasteiger partial charge in [-0.1, -0.05) is 18.2 Å². The molecule has 9 rings (SSSR count). The molecule has 3 atom stereocenters. The maximum Gasteiger partial charge on any atom is 0.254 e. The predicted molar refractivity (Wildman–Crippen MR) is 175 cm³/mol. The molecule has 2 aromatic heterocycles. The number of rotatable bonds is 7. The molecule has 2 bridgehead atoms. The number of hydrogen-bond donors (Lipinski definition) is 1. The van der Waals surface area contributed by atoms with Gasteiger partial charge in [0, 0.05) is 63.2 Å². The van der Waals surface area contributed by atoms with Gasteiger partial charge in [0.05, 0.1) is 23.8 Å². The highest BCUT2D eigenvalue weighted by molar-refractivity contribution is 6.00. The van der Waals surface area contributed by atoms with Crippen molar-refractivity contribution in [2.45, 2.75) is 69.5 Å². The fourth-order valence-electron chi connectivity index (χ4n) is 8.45. The monoisotopic (exact) mass is 608 g/mol. The molecule has 4 aromatic rings. The Morgan fingerprint density at radius 2 is 1.84 bits per heavy atom. The van der Waals surface area contributed by atoms with Crippen LogP contribution in [-0.4, -0.2) is 75.6 Å². The minimum absolute atomic E-state index is 0.0445. The highest BCUT2D eigenvalue weighted by Crippen LogP contribution is 2.47. The van der Waals surface area contributed by atoms with Crippen LogP contribution in [0.15, 0.2) is 36.4 Å². The van der Waals surface area contributed by atoms with E-state index in [0.29, 0.717) is 29.1 Å². The lowest BCUT2D eigenvalue weighted by Crippen LogP contribution is -2.58. The Hall–Kier alpha value is -3.85. The molecule has 0 radical (unpaired) electrons. The van der Waals surface area contributed by atoms with Crippen LogP contribution in [0.2, 0.25) is 0 Å². The topological polar surface area (TPSA) is 98.6 Å². The van der Waals surface area contributed by atoms with Crippen molar-refractivity contribution < 1.29 is 14.3 Å². The number of nitrogens with zero attached hydrogens (tertiary/aromatic N) is 5. The molecule has 3 saturated carbocycles. The summed E-state index contributed by atoms with van der Waals surface area (Å²) in [4.78, 5) is 35.5. The minimum atomic E-state index is 0.0445. The fourth-order valence-corrected chi connectivity index (χ4v) is 8.45. The van der Waals surface area contributed by atoms with E-state index in [1.807, 2.05) is 38.2 Å². The molecule has 0 unspecified atom stereocenters. The standard InChI is InChI=1S/C36H44N6O3/c1-39(2)35(43)24-12-23(13-24)27-7-5-6-21-15-30(42(32(21)27)18-20-8-9-20)34-38-29-14-25(16-31(45-4)33(29)40(34)3)36(44)41-19-22-10-11-26(41)17-28(22)37/h5-7,14-16,20,22-24,26,28H,8-13,17-19,37H2,1-4H3/t22-,23?,24?,26-,28+/m1/s1. The Bertz CT molecular complexity index is 1830. The second-order valence-electron chi connectivity index (χ2n) is 14.4. The number of para-hydroxylation sites is 1. The first kappa shape index (κ1) is 28.6. The molecule has 5 fully saturated rings. The van der Waals surface area contributed by atoms with E-state index >= 15 is 0 Å². The van der Waals surface area contributed by atoms with Gasteiger partial charge in [0.2, 0.25) is 5.91 Å². The number of carbonyl (C=O) groups excluding carboxylic acids is 2. The van der Waals surface area contributed by atoms with Crippen LogP contribution in [0.25, 0.3) is 33.5 Å². The Labute approximate surface area is 264 Å². The summed E-state index contributed by atoms with van der Waals surface area (Å²) in [6, 6.07) is 13.1. The van der Waals surface area contributed by atoms with Crippen LogP contribution in [0.1, 0.15) is 66.8 Å². The van der Waals surface area contributed by atoms with E-state index < -0.39 is 0 Å². The summed E-state index contributed by atoms with van der Waals surface area (Å²) >= 11 is 0. The van der Waals surface area contributed by atoms with Crippen LogP contribution in [-0.2, 0) is 18.4 Å². The number of ether oxygens (including phenoxy) is 1. The second-order valence-corrected chi connectivity index (χ2v) is 14.4. The summed E-state index contributed by atoms with van der Waals surface area (Å²) in [5.41, 5.74) is 12.3. The van der Waals surface area contributed by atoms with E-state index in [-0.39, 0.29) is 29.8 Å². The van der Waals surface area contributed by atoms with Crippen LogP contribution in [0.3, 0.4) is 0 Å². The molecule has 4 heterocycles. The van der Waals surface area contributed by atoms with E-state index in [4.69, 9.17) is 15.5 Å². The SMILES string of the molecule is COc1cc(C(=O)N2C[C@H]3CC[C@@H]2C[C@@H]3N)cc2nc(-c3cc4cccc(C5CC(C(=O)N(C)C)C5)c4n3CC3CC3)n(C)c12. The normalized spacial score (nSPS) is 26.0. The molecule has 2 aromatic carbocycles. The van der Waals surface area contributed by atoms with Crippen LogP contribution < -0.4 is 10.5 Å². The van der Waals surface area contributed by atoms with Crippen molar-refractivity contribution in [3.8, 4) is 17.3 Å². The lowest BCUT2D eigenvalue weighted by atomic mass is 9.70. The lowest BCUT2D eigenvalue weighted by Gasteiger charge is -2.48. The Kier molecular flexibility index (Phi) is 6.75. The highest BCUT2D eigenvalue weighted by Gasteiger charge is 2.41. The van der Waals surface area contributed by atoms with Crippen LogP contribution in [0.5, 0.6) is 5.75 Å². The molecule has 0 spiro atoms. The first-order chi connectivity index (χ1) is 21.7. The Morgan fingerprint density at radius 1 is 1.04 bits per heavy atom. The summed E-state index contributed by atoms with van der Waals surface area (Å²) in [5.74, 6) is 3.32. The third-order valence-corrected chi connectivity index (χ3v) is 11.2. The second kappa shape index (κ2) is 10.6. The lowest BCUT2D eigenvalue weighted by molar-refractivity contribution is -0.136. The Balaban J connectivity index is 1.20. The van der Waals surface area contributed by atoms with Crippen LogP contribution >= 0.6 is 0 Å². The van der Waals surface area contributed by atoms with E-state index in [9.17, 15) is 9.59 Å². The van der Waals surface area contributed by atoms with Crippen molar-refractivity contribution in [3.05, 3.63) is 47.5 Å². The van der Waals surface area contributed by atoms with Gasteiger partial charge in [0.25, 0.3) is 5.91 Å². The molecule has 236 valence electrons. The number of benzene rings is 2. The molecule has 45 heavy (non-hydrogen) atoms. The number of nitrogens with two attached hydrogens (primary N) is 1. The van der Waals surface area contributed by atoms with Gasteiger partial charge in [-0.25, -0.2) is 4.98 Å². The molecule has 2 saturated heterocycles. The van der Waals surface area contributed by atoms with Crippen molar-refractivity contribution in [1.29, 1.82) is 0 Å². The zero-order valence-electron chi connectivity index (χ0n) is 26.8. The first-order valence-corrected chi connectivity index (χ1v) is 16.7. The molecule has 3 aliphatic carbocycles. The number of amides is 2. The van der Waals surface area contributed by atoms with Gasteiger partial charge in [0.1, 0.15) is 11.3 Å². The van der Waals surface area contributed by atoms with Gasteiger partial charge < -0.3 is 29.4 Å². The van der Waals surface area contributed by atoms with E-state index in [1.54, 1.807) is 12.0 Å². The van der Waals surface area contributed by atoms with Gasteiger partial charge >= 0.3 is 0 Å². The fraction of sp³-hybridized carbons (Fsp3) is 0.528. The minimum Gasteiger partial charge on any atom is -0.494 e. The summed E-state index contributed by atoms with van der Waals surface area (Å²) in [6.07, 6.45) is 7.29. The number of aryl methyl sites for hydroxylation is 1. The van der Waals surface area contributed by atoms with Gasteiger partial charge in [-0.2, -0.15) is 0 Å². The van der Waals surface area contributed by atoms with Crippen molar-refractivity contribution >= 4 is 33.8 Å². The quantitative estimate of drug-likeness (QED) is 0.313. The highest BCUT2D eigenvalue weighted by atomic mass is 16.5. The molecule has 5 aliphatic rings. The number of piperidine rings is 2. The van der Waals surface area contributed by atoms with E-state index in [0.717, 1.165) is 67.7 Å². The smallest absolute Gasteiger partial charge is 0.254 e. The first-order valence-electron chi connectivity index (χ1n) is 16.7. The number of hydrogen-bond acceptors (Lipinski definition) is 5. The van der Waals surface area contributed by atoms with Crippen LogP contribution in [0, 0.1) is 17.8 Å². The van der Waals surface area contributed by atoms with Crippen LogP contribution in [0.4, 0.5) is 0 Å². The Morgan fingerprint density at radius 3 is 2.51 bits per heavy atom. The number of aromatic nitrogens is 3. The van der Waals surface area contributed by atoms with E-state index in [2.05, 4.69) is 33.4 Å². The zero-order chi connectivity index (χ0) is 31.1. The maximum absolute atomic E-state index is 13.9. The molecular formula is C36H44N6O3. The van der Waals surface area contributed by atoms with Crippen molar-refractivity contribution in [3.63, 3.8) is 0 Å². The van der Waals surface area contributed by atoms with Gasteiger partial charge in [-0.15, -0.1) is 0 Å². The van der Waals surface area contributed by atoms with E-state index in [1.165, 1.54) is 29.3 Å². The average Bonchev–Trinajstić information content (AvgIpc) is 3.68. The third kappa shape index (κ3) is 4.65. The molecule has 2 aliphatic heterocycles. The van der Waals surface area contributed by atoms with Gasteiger partial charge in [-0.3, -0.25) is 9.59 Å². The van der Waals surface area contributed by atoms with Crippen molar-refractivity contribution in [1.82, 2.24) is 23.9 Å². The van der Waals surface area contributed by atoms with Crippen molar-refractivity contribution in [2.24, 2.45) is 30.5 Å². The molecule has 2 amide bonds. The molecule has 9 nitrogen and oxygen atoms in total. The average molecular weight is 609 g/mol. The van der Waals surface area contributed by atoms with Gasteiger partial charge in [-0.05, 0) is 86.5 Å². The number of methoxy groups -OCH3 is 1. The van der Waals surface area contributed by atoms with Gasteiger partial charge in [0.15, 0.2) is 5.82 Å². The summed E-state index contributed by atoms with van der Waals surface area (Å²) in [5, 5.41) is 1.21. The zero-order valence-corrected chi connectivity index (χ0v) is 26.8. The predicted octanol–water partition coefficient (Wildman–Crippen LogP) is 5.15. The molecular weight excluding hydrogens is 564 g/mol. The largest absolute Gasteiger partial charge is 0.494 e. The number of imidazole rings is 1. The number of fused-ring (bicyclic) bond motifs is 5. The third-order valence-electron chi connectivity index (χ3n) is 11.2. The number of carbonyl (C=O) groups is 2. The molecule has 9 heteroatoms. The van der Waals surface area contributed by atoms with Crippen molar-refractivity contribution in [2.75, 3.05) is 27.7 Å². The summed E-state index contributed by atoms with van der Waals surface area (Å²) in [7, 11) is 7.41. The summed E-state index contributed by atoms with van der Waals surface area (Å²) < 4.78 is 10.5.